The minimum absolute atomic E-state index is 0. The normalized spacial score (nSPS) is 14.4. The maximum atomic E-state index is 4.77. The fraction of sp³-hybridized carbons (Fsp3) is 0. The summed E-state index contributed by atoms with van der Waals surface area (Å²) >= 11 is 0. The van der Waals surface area contributed by atoms with Crippen molar-refractivity contribution in [3.8, 4) is 0 Å². The molecule has 0 bridgehead atoms. The topological polar surface area (TPSA) is 47.6 Å². The zero-order valence-electron chi connectivity index (χ0n) is 24.2. The van der Waals surface area contributed by atoms with Crippen LogP contribution in [0.4, 0.5) is 34.1 Å². The summed E-state index contributed by atoms with van der Waals surface area (Å²) in [6.07, 6.45) is 5.86. The second-order valence-electron chi connectivity index (χ2n) is 10.1. The Labute approximate surface area is 278 Å². The predicted octanol–water partition coefficient (Wildman–Crippen LogP) is 10.9. The molecule has 8 rings (SSSR count). The third-order valence-corrected chi connectivity index (χ3v) is 7.18. The molecular weight excluding hydrogens is 734 g/mol. The second kappa shape index (κ2) is 13.9. The van der Waals surface area contributed by atoms with Crippen molar-refractivity contribution in [2.45, 2.75) is 0 Å². The van der Waals surface area contributed by atoms with Crippen LogP contribution in [0, 0.1) is 6.07 Å². The van der Waals surface area contributed by atoms with Crippen molar-refractivity contribution in [2.75, 3.05) is 9.80 Å². The molecule has 0 N–H and O–H groups in total. The molecule has 5 nitrogen and oxygen atoms in total. The quantitative estimate of drug-likeness (QED) is 0.168. The number of hydrogen-bond donors (Lipinski definition) is 0. The largest absolute Gasteiger partial charge is 0.445 e. The molecule has 0 spiro atoms. The van der Waals surface area contributed by atoms with Crippen molar-refractivity contribution < 1.29 is 21.1 Å². The number of fused-ring (bicyclic) bond motifs is 2. The second-order valence-corrected chi connectivity index (χ2v) is 10.1. The first kappa shape index (κ1) is 29.7. The number of nitrogens with zero attached hydrogens (tertiary/aromatic N) is 5. The van der Waals surface area contributed by atoms with E-state index in [1.807, 2.05) is 121 Å². The van der Waals surface area contributed by atoms with Gasteiger partial charge in [-0.2, -0.15) is 5.56 Å². The predicted molar refractivity (Wildman–Crippen MR) is 182 cm³/mol. The summed E-state index contributed by atoms with van der Waals surface area (Å²) in [6.45, 7) is 0. The Morgan fingerprint density at radius 3 is 1.56 bits per heavy atom. The molecule has 6 aromatic rings. The number of hydrogen-bond acceptors (Lipinski definition) is 3. The van der Waals surface area contributed by atoms with E-state index in [-0.39, 0.29) is 21.1 Å². The number of rotatable bonds is 4. The van der Waals surface area contributed by atoms with E-state index in [2.05, 4.69) is 63.3 Å². The van der Waals surface area contributed by atoms with E-state index in [0.717, 1.165) is 57.0 Å². The van der Waals surface area contributed by atoms with E-state index in [1.165, 1.54) is 0 Å². The van der Waals surface area contributed by atoms with Crippen LogP contribution in [0.5, 0.6) is 0 Å². The van der Waals surface area contributed by atoms with Gasteiger partial charge in [-0.25, -0.2) is 0 Å². The van der Waals surface area contributed by atoms with Crippen LogP contribution in [-0.4, -0.2) is 4.98 Å². The van der Waals surface area contributed by atoms with Crippen molar-refractivity contribution in [3.05, 3.63) is 197 Å². The van der Waals surface area contributed by atoms with Gasteiger partial charge in [-0.1, -0.05) is 127 Å². The number of pyridine rings is 1. The Balaban J connectivity index is 0.000000155. The molecule has 0 unspecified atom stereocenters. The minimum Gasteiger partial charge on any atom is -0.445 e. The molecule has 0 atom stereocenters. The van der Waals surface area contributed by atoms with E-state index in [4.69, 9.17) is 10.6 Å². The minimum atomic E-state index is 0. The van der Waals surface area contributed by atoms with E-state index >= 15 is 0 Å². The van der Waals surface area contributed by atoms with Crippen molar-refractivity contribution in [3.63, 3.8) is 0 Å². The van der Waals surface area contributed by atoms with Gasteiger partial charge >= 0.3 is 0 Å². The van der Waals surface area contributed by atoms with Gasteiger partial charge in [0.05, 0.1) is 5.69 Å². The van der Waals surface area contributed by atoms with Crippen molar-refractivity contribution in [1.29, 1.82) is 0 Å². The summed E-state index contributed by atoms with van der Waals surface area (Å²) < 4.78 is 0. The zero-order valence-corrected chi connectivity index (χ0v) is 26.5. The van der Waals surface area contributed by atoms with Crippen LogP contribution in [0.15, 0.2) is 169 Å². The third-order valence-electron chi connectivity index (χ3n) is 7.18. The zero-order chi connectivity index (χ0) is 29.6. The van der Waals surface area contributed by atoms with Crippen molar-refractivity contribution >= 4 is 46.3 Å². The number of anilines is 4. The van der Waals surface area contributed by atoms with Gasteiger partial charge < -0.3 is 20.4 Å². The van der Waals surface area contributed by atoms with Gasteiger partial charge in [0.15, 0.2) is 0 Å². The molecule has 0 fully saturated rings. The molecule has 2 aliphatic heterocycles. The van der Waals surface area contributed by atoms with Crippen LogP contribution in [-0.2, 0) is 21.1 Å². The molecule has 0 aliphatic carbocycles. The summed E-state index contributed by atoms with van der Waals surface area (Å²) in [7, 11) is 0. The van der Waals surface area contributed by atoms with Gasteiger partial charge in [0.1, 0.15) is 0 Å². The Kier molecular flexibility index (Phi) is 9.19. The summed E-state index contributed by atoms with van der Waals surface area (Å²) in [6, 6.07) is 54.0. The van der Waals surface area contributed by atoms with Gasteiger partial charge in [0.2, 0.25) is 0 Å². The maximum absolute atomic E-state index is 4.77. The molecule has 0 radical (unpaired) electrons. The van der Waals surface area contributed by atoms with Crippen LogP contribution in [0.2, 0.25) is 0 Å². The van der Waals surface area contributed by atoms with Crippen LogP contribution in [0.1, 0.15) is 11.3 Å². The number of aromatic nitrogens is 1. The van der Waals surface area contributed by atoms with Crippen molar-refractivity contribution in [2.24, 2.45) is 0 Å². The first-order valence-corrected chi connectivity index (χ1v) is 14.5. The molecule has 1 aromatic heterocycles. The van der Waals surface area contributed by atoms with Gasteiger partial charge in [0.25, 0.3) is 0 Å². The monoisotopic (exact) mass is 761 g/mol. The molecule has 3 heterocycles. The third kappa shape index (κ3) is 6.59. The average molecular weight is 762 g/mol. The first-order valence-electron chi connectivity index (χ1n) is 14.5. The van der Waals surface area contributed by atoms with Crippen LogP contribution < -0.4 is 9.80 Å². The maximum Gasteiger partial charge on any atom is 0.0628 e. The first-order chi connectivity index (χ1) is 21.8. The van der Waals surface area contributed by atoms with Crippen LogP contribution in [0.25, 0.3) is 22.8 Å². The molecule has 6 heteroatoms. The molecule has 222 valence electrons. The molecule has 0 saturated carbocycles. The van der Waals surface area contributed by atoms with E-state index in [0.29, 0.717) is 0 Å². The molecule has 45 heavy (non-hydrogen) atoms. The number of benzene rings is 5. The smallest absolute Gasteiger partial charge is 0.0628 e. The Morgan fingerprint density at radius 2 is 1.02 bits per heavy atom. The Hall–Kier alpha value is -5.38. The van der Waals surface area contributed by atoms with Crippen LogP contribution in [0.3, 0.4) is 0 Å². The fourth-order valence-corrected chi connectivity index (χ4v) is 5.21. The summed E-state index contributed by atoms with van der Waals surface area (Å²) in [4.78, 5) is 8.70. The SMILES string of the molecule is C(=C1/[N-]c2ccccc2N1c1ccccc1)/c1ccccn1.[Pt].[c-]1ccccc1/C=C1\[N-]c2ccccc2N1c1ccccc1. The van der Waals surface area contributed by atoms with Gasteiger partial charge in [-0.15, -0.1) is 36.4 Å². The number of para-hydroxylation sites is 6. The molecule has 5 aromatic carbocycles. The van der Waals surface area contributed by atoms with E-state index in [9.17, 15) is 0 Å². The standard InChI is InChI=1S/C20H14N2.C19H14N3.Pt/c1-3-9-16(10-4-1)15-20-21-18-13-7-8-14-19(18)22(20)17-11-5-2-6-12-17;1-2-9-16(10-3-1)22-18-12-5-4-11-17(18)21-19(22)14-15-8-6-7-13-20-15;/h1-9,11-15H;1-14H;/q-2;-1;/b20-15+;19-14+;. The van der Waals surface area contributed by atoms with Crippen LogP contribution >= 0.6 is 0 Å². The van der Waals surface area contributed by atoms with Gasteiger partial charge in [-0.05, 0) is 52.3 Å². The fourth-order valence-electron chi connectivity index (χ4n) is 5.21. The summed E-state index contributed by atoms with van der Waals surface area (Å²) in [5.74, 6) is 1.79. The Morgan fingerprint density at radius 1 is 0.511 bits per heavy atom. The Bertz CT molecular complexity index is 1770. The molecular formula is C39H28N5Pt-3. The molecule has 2 aliphatic rings. The molecule has 0 amide bonds. The average Bonchev–Trinajstić information content (AvgIpc) is 3.64. The van der Waals surface area contributed by atoms with Crippen molar-refractivity contribution in [1.82, 2.24) is 4.98 Å². The van der Waals surface area contributed by atoms with Gasteiger partial charge in [-0.3, -0.25) is 4.98 Å². The summed E-state index contributed by atoms with van der Waals surface area (Å²) in [5.41, 5.74) is 8.30. The summed E-state index contributed by atoms with van der Waals surface area (Å²) in [5, 5.41) is 9.52. The van der Waals surface area contributed by atoms with Gasteiger partial charge in [0, 0.05) is 27.3 Å². The van der Waals surface area contributed by atoms with E-state index in [1.54, 1.807) is 6.20 Å². The molecule has 0 saturated heterocycles. The van der Waals surface area contributed by atoms with E-state index < -0.39 is 0 Å².